The van der Waals surface area contributed by atoms with Crippen LogP contribution in [0.5, 0.6) is 5.75 Å². The molecule has 2 aliphatic heterocycles. The molecule has 0 aliphatic carbocycles. The Labute approximate surface area is 143 Å². The van der Waals surface area contributed by atoms with E-state index in [0.29, 0.717) is 11.8 Å². The number of benzene rings is 1. The fourth-order valence-electron chi connectivity index (χ4n) is 3.98. The molecule has 2 atom stereocenters. The van der Waals surface area contributed by atoms with E-state index in [1.807, 2.05) is 12.1 Å². The molecule has 0 saturated carbocycles. The molecule has 1 fully saturated rings. The van der Waals surface area contributed by atoms with Crippen molar-refractivity contribution in [2.45, 2.75) is 44.2 Å². The monoisotopic (exact) mass is 327 g/mol. The first-order valence-electron chi connectivity index (χ1n) is 9.00. The minimum absolute atomic E-state index is 0.447. The number of hydrogen-bond acceptors (Lipinski definition) is 4. The first-order chi connectivity index (χ1) is 11.8. The maximum atomic E-state index is 10.3. The Morgan fingerprint density at radius 2 is 2.25 bits per heavy atom. The van der Waals surface area contributed by atoms with E-state index in [4.69, 9.17) is 9.15 Å². The molecule has 0 spiro atoms. The van der Waals surface area contributed by atoms with Crippen LogP contribution in [0.25, 0.3) is 0 Å². The van der Waals surface area contributed by atoms with Crippen LogP contribution in [0.1, 0.15) is 42.3 Å². The van der Waals surface area contributed by atoms with Gasteiger partial charge in [-0.05, 0) is 61.6 Å². The van der Waals surface area contributed by atoms with Gasteiger partial charge in [-0.25, -0.2) is 0 Å². The van der Waals surface area contributed by atoms with Gasteiger partial charge in [-0.15, -0.1) is 0 Å². The second-order valence-electron chi connectivity index (χ2n) is 6.89. The minimum Gasteiger partial charge on any atom is -0.493 e. The topological polar surface area (TPSA) is 45.8 Å². The lowest BCUT2D eigenvalue weighted by molar-refractivity contribution is 0.102. The van der Waals surface area contributed by atoms with Gasteiger partial charge in [0.05, 0.1) is 12.9 Å². The third kappa shape index (κ3) is 3.35. The van der Waals surface area contributed by atoms with E-state index >= 15 is 0 Å². The van der Waals surface area contributed by atoms with Gasteiger partial charge in [-0.3, -0.25) is 4.90 Å². The van der Waals surface area contributed by atoms with Crippen molar-refractivity contribution >= 4 is 0 Å². The van der Waals surface area contributed by atoms with Crippen LogP contribution in [-0.2, 0) is 12.8 Å². The molecule has 1 aromatic carbocycles. The highest BCUT2D eigenvalue weighted by atomic mass is 16.5. The molecule has 4 heteroatoms. The van der Waals surface area contributed by atoms with E-state index in [1.54, 1.807) is 6.26 Å². The van der Waals surface area contributed by atoms with Crippen LogP contribution in [0.15, 0.2) is 41.0 Å². The van der Waals surface area contributed by atoms with E-state index in [-0.39, 0.29) is 0 Å². The van der Waals surface area contributed by atoms with E-state index in [0.717, 1.165) is 51.1 Å². The maximum Gasteiger partial charge on any atom is 0.132 e. The number of likely N-dealkylation sites (tertiary alicyclic amines) is 1. The van der Waals surface area contributed by atoms with Crippen molar-refractivity contribution in [1.29, 1.82) is 0 Å². The first-order valence-corrected chi connectivity index (χ1v) is 9.00. The number of ether oxygens (including phenoxy) is 1. The molecule has 3 heterocycles. The summed E-state index contributed by atoms with van der Waals surface area (Å²) in [7, 11) is 0. The molecule has 0 amide bonds. The second-order valence-corrected chi connectivity index (χ2v) is 6.89. The molecule has 2 aromatic rings. The molecule has 1 saturated heterocycles. The minimum atomic E-state index is -0.497. The van der Waals surface area contributed by atoms with Gasteiger partial charge in [-0.2, -0.15) is 0 Å². The summed E-state index contributed by atoms with van der Waals surface area (Å²) in [6.07, 6.45) is 6.35. The summed E-state index contributed by atoms with van der Waals surface area (Å²) < 4.78 is 10.9. The third-order valence-corrected chi connectivity index (χ3v) is 5.31. The summed E-state index contributed by atoms with van der Waals surface area (Å²) >= 11 is 0. The Hall–Kier alpha value is -1.78. The molecule has 4 rings (SSSR count). The quantitative estimate of drug-likeness (QED) is 0.884. The zero-order valence-corrected chi connectivity index (χ0v) is 14.0. The predicted octanol–water partition coefficient (Wildman–Crippen LogP) is 3.35. The predicted molar refractivity (Wildman–Crippen MR) is 92.2 cm³/mol. The summed E-state index contributed by atoms with van der Waals surface area (Å²) in [5.41, 5.74) is 2.73. The third-order valence-electron chi connectivity index (χ3n) is 5.31. The molecular weight excluding hydrogens is 302 g/mol. The van der Waals surface area contributed by atoms with Crippen LogP contribution in [0.4, 0.5) is 0 Å². The van der Waals surface area contributed by atoms with Crippen molar-refractivity contribution < 1.29 is 14.3 Å². The van der Waals surface area contributed by atoms with Crippen LogP contribution >= 0.6 is 0 Å². The second kappa shape index (κ2) is 6.99. The Morgan fingerprint density at radius 1 is 1.29 bits per heavy atom. The van der Waals surface area contributed by atoms with Crippen LogP contribution < -0.4 is 4.74 Å². The lowest BCUT2D eigenvalue weighted by Crippen LogP contribution is -2.32. The Bertz CT molecular complexity index is 668. The van der Waals surface area contributed by atoms with Crippen molar-refractivity contribution in [3.63, 3.8) is 0 Å². The van der Waals surface area contributed by atoms with Crippen molar-refractivity contribution in [3.8, 4) is 5.75 Å². The maximum absolute atomic E-state index is 10.3. The molecule has 1 N–H and O–H groups in total. The number of rotatable bonds is 6. The average molecular weight is 327 g/mol. The normalized spacial score (nSPS) is 21.6. The van der Waals surface area contributed by atoms with Crippen LogP contribution in [0.3, 0.4) is 0 Å². The van der Waals surface area contributed by atoms with E-state index < -0.39 is 6.10 Å². The van der Waals surface area contributed by atoms with Gasteiger partial charge in [0.25, 0.3) is 0 Å². The number of hydrogen-bond donors (Lipinski definition) is 1. The van der Waals surface area contributed by atoms with Crippen molar-refractivity contribution in [1.82, 2.24) is 4.90 Å². The van der Waals surface area contributed by atoms with Gasteiger partial charge in [0.2, 0.25) is 0 Å². The summed E-state index contributed by atoms with van der Waals surface area (Å²) in [5, 5.41) is 10.3. The lowest BCUT2D eigenvalue weighted by atomic mass is 10.0. The van der Waals surface area contributed by atoms with Gasteiger partial charge < -0.3 is 14.3 Å². The number of fused-ring (bicyclic) bond motifs is 1. The standard InChI is InChI=1S/C20H25NO3/c22-18(20-4-2-11-23-20)14-17-3-1-9-21(17)10-7-15-5-6-19-16(13-15)8-12-24-19/h2,4-6,11,13,17-18,22H,1,3,7-10,12,14H2. The number of furan rings is 1. The number of aliphatic hydroxyl groups excluding tert-OH is 1. The molecular formula is C20H25NO3. The van der Waals surface area contributed by atoms with Gasteiger partial charge in [0.15, 0.2) is 0 Å². The van der Waals surface area contributed by atoms with Gasteiger partial charge in [0.1, 0.15) is 17.6 Å². The largest absolute Gasteiger partial charge is 0.493 e. The molecule has 0 radical (unpaired) electrons. The fourth-order valence-corrected chi connectivity index (χ4v) is 3.98. The first kappa shape index (κ1) is 15.7. The van der Waals surface area contributed by atoms with Crippen molar-refractivity contribution in [2.75, 3.05) is 19.7 Å². The molecule has 2 unspecified atom stereocenters. The van der Waals surface area contributed by atoms with Crippen LogP contribution in [0, 0.1) is 0 Å². The van der Waals surface area contributed by atoms with Crippen LogP contribution in [0.2, 0.25) is 0 Å². The Kier molecular flexibility index (Phi) is 4.58. The zero-order chi connectivity index (χ0) is 16.4. The van der Waals surface area contributed by atoms with E-state index in [2.05, 4.69) is 23.1 Å². The summed E-state index contributed by atoms with van der Waals surface area (Å²) in [5.74, 6) is 1.74. The molecule has 128 valence electrons. The Balaban J connectivity index is 1.33. The highest BCUT2D eigenvalue weighted by molar-refractivity contribution is 5.39. The van der Waals surface area contributed by atoms with Crippen molar-refractivity contribution in [2.24, 2.45) is 0 Å². The molecule has 24 heavy (non-hydrogen) atoms. The molecule has 2 aliphatic rings. The van der Waals surface area contributed by atoms with Crippen molar-refractivity contribution in [3.05, 3.63) is 53.5 Å². The molecule has 1 aromatic heterocycles. The molecule has 0 bridgehead atoms. The summed E-state index contributed by atoms with van der Waals surface area (Å²) in [6, 6.07) is 10.7. The molecule has 4 nitrogen and oxygen atoms in total. The van der Waals surface area contributed by atoms with Gasteiger partial charge in [0, 0.05) is 19.0 Å². The van der Waals surface area contributed by atoms with E-state index in [1.165, 1.54) is 17.5 Å². The van der Waals surface area contributed by atoms with E-state index in [9.17, 15) is 5.11 Å². The van der Waals surface area contributed by atoms with Crippen LogP contribution in [-0.4, -0.2) is 35.7 Å². The highest BCUT2D eigenvalue weighted by Crippen LogP contribution is 2.29. The zero-order valence-electron chi connectivity index (χ0n) is 14.0. The number of nitrogens with zero attached hydrogens (tertiary/aromatic N) is 1. The highest BCUT2D eigenvalue weighted by Gasteiger charge is 2.27. The van der Waals surface area contributed by atoms with Gasteiger partial charge in [-0.1, -0.05) is 12.1 Å². The summed E-state index contributed by atoms with van der Waals surface area (Å²) in [6.45, 7) is 3.00. The smallest absolute Gasteiger partial charge is 0.132 e. The number of aliphatic hydroxyl groups is 1. The average Bonchev–Trinajstić information content (AvgIpc) is 3.33. The van der Waals surface area contributed by atoms with Gasteiger partial charge >= 0.3 is 0 Å². The lowest BCUT2D eigenvalue weighted by Gasteiger charge is -2.26. The SMILES string of the molecule is OC(CC1CCCN1CCc1ccc2c(c1)CCO2)c1ccco1. The fraction of sp³-hybridized carbons (Fsp3) is 0.500. The Morgan fingerprint density at radius 3 is 3.12 bits per heavy atom. The summed E-state index contributed by atoms with van der Waals surface area (Å²) in [4.78, 5) is 2.52.